The van der Waals surface area contributed by atoms with Crippen molar-refractivity contribution in [3.63, 3.8) is 0 Å². The van der Waals surface area contributed by atoms with Gasteiger partial charge in [0.05, 0.1) is 29.3 Å². The molecule has 8 nitrogen and oxygen atoms in total. The summed E-state index contributed by atoms with van der Waals surface area (Å²) in [4.78, 5) is 2.22. The van der Waals surface area contributed by atoms with E-state index in [2.05, 4.69) is 92.4 Å². The second-order valence-electron chi connectivity index (χ2n) is 8.25. The van der Waals surface area contributed by atoms with Gasteiger partial charge in [-0.3, -0.25) is 10.00 Å². The Kier molecular flexibility index (Phi) is 7.07. The zero-order valence-electron chi connectivity index (χ0n) is 19.3. The van der Waals surface area contributed by atoms with E-state index in [1.165, 1.54) is 5.56 Å². The van der Waals surface area contributed by atoms with Crippen molar-refractivity contribution < 1.29 is 4.74 Å². The van der Waals surface area contributed by atoms with Gasteiger partial charge >= 0.3 is 0 Å². The molecule has 3 heterocycles. The first-order valence-corrected chi connectivity index (χ1v) is 14.6. The highest BCUT2D eigenvalue weighted by Crippen LogP contribution is 2.35. The first-order chi connectivity index (χ1) is 15.8. The molecule has 0 amide bonds. The van der Waals surface area contributed by atoms with Gasteiger partial charge in [0.15, 0.2) is 0 Å². The SMILES string of the molecule is C#Cc1nn(PI)c2ccc(-c3cnn(C)c3OC(C)CN(C)Cc3n[nH]c(C)c3C)cc12. The topological polar surface area (TPSA) is 76.8 Å². The van der Waals surface area contributed by atoms with Gasteiger partial charge in [-0.25, -0.2) is 9.13 Å². The summed E-state index contributed by atoms with van der Waals surface area (Å²) in [5, 5.41) is 17.4. The Morgan fingerprint density at radius 3 is 2.82 bits per heavy atom. The van der Waals surface area contributed by atoms with Crippen molar-refractivity contribution in [3.8, 4) is 29.4 Å². The fraction of sp³-hybridized carbons (Fsp3) is 0.348. The third kappa shape index (κ3) is 4.79. The molecular formula is C23H27IN7OP. The second-order valence-corrected chi connectivity index (χ2v) is 10.3. The van der Waals surface area contributed by atoms with Gasteiger partial charge in [-0.15, -0.1) is 6.42 Å². The molecule has 4 aromatic rings. The number of ether oxygens (including phenoxy) is 1. The average Bonchev–Trinajstić information content (AvgIpc) is 3.44. The molecule has 2 atom stereocenters. The highest BCUT2D eigenvalue weighted by atomic mass is 127. The van der Waals surface area contributed by atoms with Crippen LogP contribution in [0.5, 0.6) is 5.88 Å². The first kappa shape index (κ1) is 23.7. The minimum Gasteiger partial charge on any atom is -0.473 e. The van der Waals surface area contributed by atoms with E-state index in [9.17, 15) is 0 Å². The number of rotatable bonds is 8. The minimum atomic E-state index is -0.0440. The van der Waals surface area contributed by atoms with Crippen LogP contribution in [0.4, 0.5) is 0 Å². The van der Waals surface area contributed by atoms with Crippen molar-refractivity contribution in [2.24, 2.45) is 7.05 Å². The number of nitrogens with one attached hydrogen (secondary N) is 1. The van der Waals surface area contributed by atoms with E-state index in [1.807, 2.05) is 24.6 Å². The van der Waals surface area contributed by atoms with Crippen LogP contribution in [-0.4, -0.2) is 54.1 Å². The molecule has 3 aromatic heterocycles. The molecule has 2 unspecified atom stereocenters. The van der Waals surface area contributed by atoms with Crippen LogP contribution < -0.4 is 4.74 Å². The van der Waals surface area contributed by atoms with Crippen molar-refractivity contribution in [3.05, 3.63) is 47.0 Å². The Hall–Kier alpha value is -2.41. The first-order valence-electron chi connectivity index (χ1n) is 10.6. The number of aromatic nitrogens is 6. The molecule has 1 N–H and O–H groups in total. The predicted octanol–water partition coefficient (Wildman–Crippen LogP) is 4.45. The van der Waals surface area contributed by atoms with Crippen molar-refractivity contribution in [2.75, 3.05) is 13.6 Å². The minimum absolute atomic E-state index is 0.0440. The molecule has 0 fully saturated rings. The van der Waals surface area contributed by atoms with E-state index in [0.29, 0.717) is 12.1 Å². The van der Waals surface area contributed by atoms with Crippen LogP contribution >= 0.6 is 28.4 Å². The summed E-state index contributed by atoms with van der Waals surface area (Å²) in [7, 11) is 3.97. The zero-order chi connectivity index (χ0) is 23.7. The zero-order valence-corrected chi connectivity index (χ0v) is 22.5. The van der Waals surface area contributed by atoms with Crippen LogP contribution in [0.1, 0.15) is 29.6 Å². The van der Waals surface area contributed by atoms with Crippen molar-refractivity contribution in [2.45, 2.75) is 33.4 Å². The van der Waals surface area contributed by atoms with Gasteiger partial charge in [0.25, 0.3) is 0 Å². The number of nitrogens with zero attached hydrogens (tertiary/aromatic N) is 6. The largest absolute Gasteiger partial charge is 0.473 e. The van der Waals surface area contributed by atoms with Crippen molar-refractivity contribution >= 4 is 39.3 Å². The molecule has 0 spiro atoms. The lowest BCUT2D eigenvalue weighted by molar-refractivity contribution is 0.148. The van der Waals surface area contributed by atoms with Crippen LogP contribution in [0.3, 0.4) is 0 Å². The molecule has 10 heteroatoms. The van der Waals surface area contributed by atoms with E-state index in [4.69, 9.17) is 11.2 Å². The monoisotopic (exact) mass is 575 g/mol. The number of hydrogen-bond acceptors (Lipinski definition) is 5. The van der Waals surface area contributed by atoms with Gasteiger partial charge in [-0.05, 0) is 79.0 Å². The van der Waals surface area contributed by atoms with E-state index >= 15 is 0 Å². The molecule has 172 valence electrons. The molecule has 1 aromatic carbocycles. The molecule has 0 saturated carbocycles. The Balaban J connectivity index is 1.54. The van der Waals surface area contributed by atoms with Crippen LogP contribution in [-0.2, 0) is 13.6 Å². The Labute approximate surface area is 208 Å². The fourth-order valence-electron chi connectivity index (χ4n) is 3.90. The Bertz CT molecular complexity index is 1330. The van der Waals surface area contributed by atoms with Crippen LogP contribution in [0.15, 0.2) is 24.4 Å². The van der Waals surface area contributed by atoms with Gasteiger partial charge < -0.3 is 4.74 Å². The molecule has 0 saturated heterocycles. The fourth-order valence-corrected chi connectivity index (χ4v) is 5.42. The number of hydrogen-bond donors (Lipinski definition) is 1. The summed E-state index contributed by atoms with van der Waals surface area (Å²) in [6.07, 6.45) is 7.98. The number of likely N-dealkylation sites (N-methyl/N-ethyl adjacent to an activating group) is 1. The van der Waals surface area contributed by atoms with E-state index in [1.54, 1.807) is 4.68 Å². The van der Waals surface area contributed by atoms with Crippen LogP contribution in [0.2, 0.25) is 0 Å². The maximum absolute atomic E-state index is 6.38. The van der Waals surface area contributed by atoms with Gasteiger partial charge in [0.1, 0.15) is 11.8 Å². The van der Waals surface area contributed by atoms with Gasteiger partial charge in [-0.1, -0.05) is 6.07 Å². The second kappa shape index (κ2) is 9.84. The van der Waals surface area contributed by atoms with Gasteiger partial charge in [0.2, 0.25) is 5.88 Å². The maximum atomic E-state index is 6.38. The van der Waals surface area contributed by atoms with Gasteiger partial charge in [-0.2, -0.15) is 15.3 Å². The average molecular weight is 575 g/mol. The lowest BCUT2D eigenvalue weighted by Gasteiger charge is -2.22. The van der Waals surface area contributed by atoms with Crippen LogP contribution in [0.25, 0.3) is 22.0 Å². The van der Waals surface area contributed by atoms with Crippen LogP contribution in [0, 0.1) is 26.2 Å². The molecule has 4 rings (SSSR count). The quantitative estimate of drug-likeness (QED) is 0.191. The van der Waals surface area contributed by atoms with E-state index in [-0.39, 0.29) is 6.10 Å². The standard InChI is InChI=1S/C23H27IN7OP/c1-7-20-18-10-17(8-9-22(18)31(28-20)33-24)19-11-25-30(6)23(19)32-14(2)12-29(5)13-21-15(3)16(4)26-27-21/h1,8-11,14,33H,12-13H2,2-6H3,(H,26,27). The summed E-state index contributed by atoms with van der Waals surface area (Å²) in [6, 6.07) is 6.21. The maximum Gasteiger partial charge on any atom is 0.219 e. The number of aromatic amines is 1. The molecule has 0 aliphatic heterocycles. The number of halogens is 1. The molecule has 0 bridgehead atoms. The van der Waals surface area contributed by atoms with Gasteiger partial charge in [0, 0.05) is 31.2 Å². The van der Waals surface area contributed by atoms with Crippen molar-refractivity contribution in [1.29, 1.82) is 0 Å². The molecular weight excluding hydrogens is 548 g/mol. The summed E-state index contributed by atoms with van der Waals surface area (Å²) >= 11 is 2.31. The molecule has 0 aliphatic carbocycles. The van der Waals surface area contributed by atoms with E-state index in [0.717, 1.165) is 52.4 Å². The summed E-state index contributed by atoms with van der Waals surface area (Å²) in [5.41, 5.74) is 7.00. The highest BCUT2D eigenvalue weighted by molar-refractivity contribution is 14.2. The third-order valence-electron chi connectivity index (χ3n) is 5.75. The Morgan fingerprint density at radius 1 is 1.36 bits per heavy atom. The highest BCUT2D eigenvalue weighted by Gasteiger charge is 2.19. The molecule has 0 radical (unpaired) electrons. The molecule has 0 aliphatic rings. The Morgan fingerprint density at radius 2 is 2.15 bits per heavy atom. The lowest BCUT2D eigenvalue weighted by Crippen LogP contribution is -2.31. The number of aryl methyl sites for hydroxylation is 2. The summed E-state index contributed by atoms with van der Waals surface area (Å²) < 4.78 is 10.1. The number of terminal acetylenes is 1. The van der Waals surface area contributed by atoms with Crippen molar-refractivity contribution in [1.82, 2.24) is 34.4 Å². The lowest BCUT2D eigenvalue weighted by atomic mass is 10.1. The molecule has 33 heavy (non-hydrogen) atoms. The van der Waals surface area contributed by atoms with E-state index < -0.39 is 0 Å². The number of H-pyrrole nitrogens is 1. The number of fused-ring (bicyclic) bond motifs is 1. The summed E-state index contributed by atoms with van der Waals surface area (Å²) in [6.45, 7) is 7.71. The smallest absolute Gasteiger partial charge is 0.219 e. The summed E-state index contributed by atoms with van der Waals surface area (Å²) in [5.74, 6) is 3.44. The third-order valence-corrected chi connectivity index (χ3v) is 7.62. The normalized spacial score (nSPS) is 12.8. The predicted molar refractivity (Wildman–Crippen MR) is 142 cm³/mol. The number of benzene rings is 1.